The average Bonchev–Trinajstić information content (AvgIpc) is 3.02. The zero-order valence-corrected chi connectivity index (χ0v) is 15.9. The molecule has 26 heavy (non-hydrogen) atoms. The van der Waals surface area contributed by atoms with Gasteiger partial charge in [-0.05, 0) is 25.7 Å². The van der Waals surface area contributed by atoms with Gasteiger partial charge in [0.1, 0.15) is 5.54 Å². The normalized spacial score (nSPS) is 25.0. The average molecular weight is 361 g/mol. The fourth-order valence-corrected chi connectivity index (χ4v) is 4.08. The summed E-state index contributed by atoms with van der Waals surface area (Å²) in [5.41, 5.74) is 5.44. The number of nitrogens with zero attached hydrogens (tertiary/aromatic N) is 2. The van der Waals surface area contributed by atoms with Gasteiger partial charge in [-0.25, -0.2) is 0 Å². The Hall–Kier alpha value is -1.87. The first kappa shape index (κ1) is 20.4. The minimum absolute atomic E-state index is 0.0000315. The first-order valence-corrected chi connectivity index (χ1v) is 9.81. The van der Waals surface area contributed by atoms with E-state index in [1.807, 2.05) is 13.0 Å². The van der Waals surface area contributed by atoms with Crippen LogP contribution >= 0.6 is 0 Å². The number of carbonyl (C=O) groups excluding carboxylic acids is 2. The number of likely N-dealkylation sites (tertiary alicyclic amines) is 1. The molecule has 6 heteroatoms. The van der Waals surface area contributed by atoms with E-state index in [9.17, 15) is 14.9 Å². The fraction of sp³-hybridized carbons (Fsp3) is 0.750. The van der Waals surface area contributed by atoms with Crippen LogP contribution in [-0.2, 0) is 9.59 Å². The summed E-state index contributed by atoms with van der Waals surface area (Å²) in [4.78, 5) is 25.4. The predicted octanol–water partition coefficient (Wildman–Crippen LogP) is 2.25. The molecule has 0 aromatic heterocycles. The lowest BCUT2D eigenvalue weighted by atomic mass is 9.86. The fourth-order valence-electron chi connectivity index (χ4n) is 4.08. The van der Waals surface area contributed by atoms with Crippen LogP contribution in [0.3, 0.4) is 0 Å². The molecule has 2 rings (SSSR count). The Morgan fingerprint density at radius 1 is 1.35 bits per heavy atom. The van der Waals surface area contributed by atoms with Crippen molar-refractivity contribution >= 4 is 11.8 Å². The molecule has 1 unspecified atom stereocenters. The van der Waals surface area contributed by atoms with Gasteiger partial charge >= 0.3 is 0 Å². The van der Waals surface area contributed by atoms with Crippen molar-refractivity contribution in [2.75, 3.05) is 19.6 Å². The highest BCUT2D eigenvalue weighted by molar-refractivity contribution is 5.77. The highest BCUT2D eigenvalue weighted by Gasteiger charge is 2.39. The van der Waals surface area contributed by atoms with Crippen molar-refractivity contribution < 1.29 is 9.59 Å². The summed E-state index contributed by atoms with van der Waals surface area (Å²) < 4.78 is 0. The molecule has 2 fully saturated rings. The van der Waals surface area contributed by atoms with Gasteiger partial charge in [-0.2, -0.15) is 5.26 Å². The van der Waals surface area contributed by atoms with Gasteiger partial charge in [0.25, 0.3) is 0 Å². The van der Waals surface area contributed by atoms with E-state index in [4.69, 9.17) is 5.73 Å². The van der Waals surface area contributed by atoms with Crippen molar-refractivity contribution in [3.05, 3.63) is 11.6 Å². The molecule has 1 atom stereocenters. The van der Waals surface area contributed by atoms with Gasteiger partial charge in [0, 0.05) is 32.5 Å². The second-order valence-corrected chi connectivity index (χ2v) is 7.97. The molecular formula is C20H32N4O2. The van der Waals surface area contributed by atoms with Crippen molar-refractivity contribution in [2.24, 2.45) is 11.7 Å². The number of amides is 2. The van der Waals surface area contributed by atoms with E-state index in [1.54, 1.807) is 0 Å². The Kier molecular flexibility index (Phi) is 7.65. The number of rotatable bonds is 8. The Labute approximate surface area is 156 Å². The summed E-state index contributed by atoms with van der Waals surface area (Å²) in [6.07, 6.45) is 10.5. The molecule has 3 N–H and O–H groups in total. The lowest BCUT2D eigenvalue weighted by Crippen LogP contribution is -2.49. The number of nitrogens with one attached hydrogen (secondary N) is 1. The molecule has 6 nitrogen and oxygen atoms in total. The van der Waals surface area contributed by atoms with Gasteiger partial charge in [0.2, 0.25) is 11.8 Å². The standard InChI is InChI=1S/C20H32N4O2/c1-16(7-9-18(22)25)13-24-12-11-20(14-21,15-24)23-19(26)10-8-17-5-3-2-4-6-17/h7,17H,2-6,8-13,15H2,1H3,(H2,22,25)(H,23,26). The number of nitrogens with two attached hydrogens (primary N) is 1. The molecule has 0 aromatic carbocycles. The number of carbonyl (C=O) groups is 2. The summed E-state index contributed by atoms with van der Waals surface area (Å²) in [7, 11) is 0. The van der Waals surface area contributed by atoms with E-state index < -0.39 is 5.54 Å². The summed E-state index contributed by atoms with van der Waals surface area (Å²) in [6.45, 7) is 3.94. The van der Waals surface area contributed by atoms with E-state index in [2.05, 4.69) is 16.3 Å². The molecule has 1 heterocycles. The third kappa shape index (κ3) is 6.45. The van der Waals surface area contributed by atoms with Crippen LogP contribution in [-0.4, -0.2) is 41.9 Å². The third-order valence-electron chi connectivity index (χ3n) is 5.57. The van der Waals surface area contributed by atoms with Crippen LogP contribution in [0.1, 0.15) is 64.7 Å². The molecule has 1 saturated heterocycles. The van der Waals surface area contributed by atoms with Gasteiger partial charge in [-0.15, -0.1) is 0 Å². The van der Waals surface area contributed by atoms with Gasteiger partial charge in [0.15, 0.2) is 0 Å². The van der Waals surface area contributed by atoms with E-state index in [0.29, 0.717) is 31.8 Å². The Balaban J connectivity index is 1.79. The van der Waals surface area contributed by atoms with Crippen molar-refractivity contribution in [1.82, 2.24) is 10.2 Å². The number of nitriles is 1. The summed E-state index contributed by atoms with van der Waals surface area (Å²) >= 11 is 0. The zero-order chi connectivity index (χ0) is 19.0. The maximum Gasteiger partial charge on any atom is 0.221 e. The van der Waals surface area contributed by atoms with Crippen LogP contribution in [0.15, 0.2) is 11.6 Å². The monoisotopic (exact) mass is 360 g/mol. The molecule has 1 aliphatic carbocycles. The predicted molar refractivity (Wildman–Crippen MR) is 101 cm³/mol. The molecule has 1 aliphatic heterocycles. The molecule has 2 aliphatic rings. The Morgan fingerprint density at radius 3 is 2.73 bits per heavy atom. The number of hydrogen-bond donors (Lipinski definition) is 2. The van der Waals surface area contributed by atoms with E-state index >= 15 is 0 Å². The van der Waals surface area contributed by atoms with Crippen LogP contribution in [0.5, 0.6) is 0 Å². The van der Waals surface area contributed by atoms with E-state index in [1.165, 1.54) is 32.1 Å². The SMILES string of the molecule is CC(=CCC(N)=O)CN1CCC(C#N)(NC(=O)CCC2CCCCC2)C1. The highest BCUT2D eigenvalue weighted by Crippen LogP contribution is 2.28. The highest BCUT2D eigenvalue weighted by atomic mass is 16.2. The van der Waals surface area contributed by atoms with Crippen LogP contribution in [0.4, 0.5) is 0 Å². The lowest BCUT2D eigenvalue weighted by Gasteiger charge is -2.25. The molecule has 0 bridgehead atoms. The lowest BCUT2D eigenvalue weighted by molar-refractivity contribution is -0.122. The minimum atomic E-state index is -0.784. The maximum atomic E-state index is 12.4. The summed E-state index contributed by atoms with van der Waals surface area (Å²) in [5, 5.41) is 12.6. The molecule has 144 valence electrons. The summed E-state index contributed by atoms with van der Waals surface area (Å²) in [6, 6.07) is 2.33. The van der Waals surface area contributed by atoms with Gasteiger partial charge in [0.05, 0.1) is 6.07 Å². The van der Waals surface area contributed by atoms with Gasteiger partial charge in [-0.3, -0.25) is 14.5 Å². The quantitative estimate of drug-likeness (QED) is 0.649. The van der Waals surface area contributed by atoms with E-state index in [0.717, 1.165) is 18.5 Å². The van der Waals surface area contributed by atoms with E-state index in [-0.39, 0.29) is 18.2 Å². The first-order valence-electron chi connectivity index (χ1n) is 9.81. The summed E-state index contributed by atoms with van der Waals surface area (Å²) in [5.74, 6) is 0.327. The molecule has 0 aromatic rings. The smallest absolute Gasteiger partial charge is 0.221 e. The third-order valence-corrected chi connectivity index (χ3v) is 5.57. The van der Waals surface area contributed by atoms with Crippen LogP contribution < -0.4 is 11.1 Å². The number of primary amides is 1. The zero-order valence-electron chi connectivity index (χ0n) is 15.9. The van der Waals surface area contributed by atoms with Crippen LogP contribution in [0.25, 0.3) is 0 Å². The molecule has 0 spiro atoms. The van der Waals surface area contributed by atoms with Crippen LogP contribution in [0.2, 0.25) is 0 Å². The topological polar surface area (TPSA) is 99.2 Å². The van der Waals surface area contributed by atoms with Crippen LogP contribution in [0, 0.1) is 17.2 Å². The second kappa shape index (κ2) is 9.72. The van der Waals surface area contributed by atoms with Crippen molar-refractivity contribution in [1.29, 1.82) is 5.26 Å². The number of hydrogen-bond acceptors (Lipinski definition) is 4. The molecular weight excluding hydrogens is 328 g/mol. The Bertz CT molecular complexity index is 575. The van der Waals surface area contributed by atoms with Gasteiger partial charge in [-0.1, -0.05) is 43.8 Å². The van der Waals surface area contributed by atoms with Crippen molar-refractivity contribution in [3.8, 4) is 6.07 Å². The second-order valence-electron chi connectivity index (χ2n) is 7.97. The first-order chi connectivity index (χ1) is 12.4. The van der Waals surface area contributed by atoms with Crippen molar-refractivity contribution in [2.45, 2.75) is 70.3 Å². The maximum absolute atomic E-state index is 12.4. The minimum Gasteiger partial charge on any atom is -0.369 e. The largest absolute Gasteiger partial charge is 0.369 e. The van der Waals surface area contributed by atoms with Crippen molar-refractivity contribution in [3.63, 3.8) is 0 Å². The molecule has 0 radical (unpaired) electrons. The molecule has 2 amide bonds. The molecule has 1 saturated carbocycles. The Morgan fingerprint density at radius 2 is 2.08 bits per heavy atom. The van der Waals surface area contributed by atoms with Gasteiger partial charge < -0.3 is 11.1 Å².